The summed E-state index contributed by atoms with van der Waals surface area (Å²) < 4.78 is 1.48. The Balaban J connectivity index is 1.69. The van der Waals surface area contributed by atoms with Gasteiger partial charge in [0, 0.05) is 27.5 Å². The predicted octanol–water partition coefficient (Wildman–Crippen LogP) is 0.980. The number of amides is 2. The predicted molar refractivity (Wildman–Crippen MR) is 95.4 cm³/mol. The van der Waals surface area contributed by atoms with E-state index >= 15 is 0 Å². The van der Waals surface area contributed by atoms with E-state index in [9.17, 15) is 9.59 Å². The highest BCUT2D eigenvalue weighted by atomic mass is 35.5. The number of benzene rings is 1. The zero-order chi connectivity index (χ0) is 18.8. The van der Waals surface area contributed by atoms with Crippen molar-refractivity contribution in [2.75, 3.05) is 5.73 Å². The van der Waals surface area contributed by atoms with Gasteiger partial charge in [0.15, 0.2) is 0 Å². The van der Waals surface area contributed by atoms with Crippen LogP contribution >= 0.6 is 11.6 Å². The number of carbonyl (C=O) groups is 2. The second-order valence-corrected chi connectivity index (χ2v) is 6.07. The molecule has 3 aromatic rings. The Kier molecular flexibility index (Phi) is 4.72. The van der Waals surface area contributed by atoms with Crippen LogP contribution in [0.1, 0.15) is 27.3 Å². The number of carbonyl (C=O) groups excluding carboxylic acids is 2. The maximum Gasteiger partial charge on any atom is 0.269 e. The molecule has 0 spiro atoms. The van der Waals surface area contributed by atoms with Crippen LogP contribution in [0.5, 0.6) is 0 Å². The third-order valence-electron chi connectivity index (χ3n) is 3.82. The molecule has 0 radical (unpaired) electrons. The largest absolute Gasteiger partial charge is 0.366 e. The van der Waals surface area contributed by atoms with Gasteiger partial charge in [-0.05, 0) is 38.1 Å². The molecule has 26 heavy (non-hydrogen) atoms. The third kappa shape index (κ3) is 3.57. The van der Waals surface area contributed by atoms with Crippen LogP contribution in [0.2, 0.25) is 5.02 Å². The van der Waals surface area contributed by atoms with E-state index in [0.29, 0.717) is 33.3 Å². The van der Waals surface area contributed by atoms with Crippen LogP contribution in [-0.2, 0) is 11.2 Å². The average molecular weight is 374 g/mol. The summed E-state index contributed by atoms with van der Waals surface area (Å²) in [7, 11) is 0. The molecular formula is C16H16ClN7O2. The van der Waals surface area contributed by atoms with Gasteiger partial charge < -0.3 is 5.73 Å². The van der Waals surface area contributed by atoms with Crippen molar-refractivity contribution in [1.82, 2.24) is 30.4 Å². The molecule has 4 N–H and O–H groups in total. The van der Waals surface area contributed by atoms with Crippen molar-refractivity contribution in [2.24, 2.45) is 0 Å². The van der Waals surface area contributed by atoms with Gasteiger partial charge in [0.05, 0.1) is 6.42 Å². The topological polar surface area (TPSA) is 127 Å². The summed E-state index contributed by atoms with van der Waals surface area (Å²) in [5.41, 5.74) is 12.7. The Hall–Kier alpha value is -3.20. The van der Waals surface area contributed by atoms with Crippen LogP contribution in [0.3, 0.4) is 0 Å². The Morgan fingerprint density at radius 3 is 2.54 bits per heavy atom. The number of nitrogen functional groups attached to an aromatic ring is 1. The van der Waals surface area contributed by atoms with Gasteiger partial charge in [-0.15, -0.1) is 5.10 Å². The van der Waals surface area contributed by atoms with Gasteiger partial charge in [-0.1, -0.05) is 11.6 Å². The fourth-order valence-electron chi connectivity index (χ4n) is 2.48. The summed E-state index contributed by atoms with van der Waals surface area (Å²) >= 11 is 5.78. The first kappa shape index (κ1) is 17.6. The summed E-state index contributed by atoms with van der Waals surface area (Å²) in [5.74, 6) is -0.358. The van der Waals surface area contributed by atoms with Crippen LogP contribution in [0.15, 0.2) is 24.3 Å². The lowest BCUT2D eigenvalue weighted by Crippen LogP contribution is -2.42. The van der Waals surface area contributed by atoms with E-state index < -0.39 is 11.8 Å². The number of anilines is 1. The van der Waals surface area contributed by atoms with Crippen molar-refractivity contribution in [2.45, 2.75) is 20.3 Å². The second kappa shape index (κ2) is 6.96. The van der Waals surface area contributed by atoms with Gasteiger partial charge in [0.1, 0.15) is 0 Å². The standard InChI is InChI=1S/C16H16ClN7O2/c1-8-12(9(2)24-16(19-8)20-15(18)23-24)7-13(25)21-22-14(26)10-3-5-11(17)6-4-10/h3-6H,7H2,1-2H3,(H2,18,23)(H,21,25)(H,22,26). The summed E-state index contributed by atoms with van der Waals surface area (Å²) in [6, 6.07) is 6.31. The van der Waals surface area contributed by atoms with Gasteiger partial charge in [-0.3, -0.25) is 20.4 Å². The molecule has 2 aromatic heterocycles. The van der Waals surface area contributed by atoms with Crippen molar-refractivity contribution in [1.29, 1.82) is 0 Å². The zero-order valence-electron chi connectivity index (χ0n) is 14.1. The van der Waals surface area contributed by atoms with Gasteiger partial charge in [0.2, 0.25) is 11.9 Å². The number of hydrogen-bond acceptors (Lipinski definition) is 6. The normalized spacial score (nSPS) is 10.7. The molecule has 1 aromatic carbocycles. The minimum absolute atomic E-state index is 0.0151. The Morgan fingerprint density at radius 1 is 1.15 bits per heavy atom. The van der Waals surface area contributed by atoms with Gasteiger partial charge in [-0.2, -0.15) is 9.50 Å². The lowest BCUT2D eigenvalue weighted by atomic mass is 10.1. The summed E-state index contributed by atoms with van der Waals surface area (Å²) in [6.45, 7) is 3.57. The molecule has 0 unspecified atom stereocenters. The molecule has 2 amide bonds. The van der Waals surface area contributed by atoms with Gasteiger partial charge >= 0.3 is 0 Å². The minimum atomic E-state index is -0.443. The molecule has 0 bridgehead atoms. The highest BCUT2D eigenvalue weighted by Gasteiger charge is 2.16. The molecule has 2 heterocycles. The zero-order valence-corrected chi connectivity index (χ0v) is 14.8. The first-order valence-corrected chi connectivity index (χ1v) is 8.06. The summed E-state index contributed by atoms with van der Waals surface area (Å²) in [6.07, 6.45) is 0.0151. The molecular weight excluding hydrogens is 358 g/mol. The smallest absolute Gasteiger partial charge is 0.269 e. The molecule has 0 saturated heterocycles. The number of hydrogen-bond donors (Lipinski definition) is 3. The number of fused-ring (bicyclic) bond motifs is 1. The van der Waals surface area contributed by atoms with Crippen LogP contribution in [-0.4, -0.2) is 31.4 Å². The molecule has 0 saturated carbocycles. The molecule has 0 fully saturated rings. The molecule has 0 aliphatic rings. The number of nitrogens with one attached hydrogen (secondary N) is 2. The molecule has 0 aliphatic heterocycles. The molecule has 10 heteroatoms. The lowest BCUT2D eigenvalue weighted by Gasteiger charge is -2.11. The van der Waals surface area contributed by atoms with E-state index in [-0.39, 0.29) is 12.4 Å². The maximum atomic E-state index is 12.2. The second-order valence-electron chi connectivity index (χ2n) is 5.63. The van der Waals surface area contributed by atoms with Crippen LogP contribution in [0, 0.1) is 13.8 Å². The highest BCUT2D eigenvalue weighted by molar-refractivity contribution is 6.30. The summed E-state index contributed by atoms with van der Waals surface area (Å²) in [5, 5.41) is 4.57. The Morgan fingerprint density at radius 2 is 1.85 bits per heavy atom. The summed E-state index contributed by atoms with van der Waals surface area (Å²) in [4.78, 5) is 32.5. The third-order valence-corrected chi connectivity index (χ3v) is 4.08. The van der Waals surface area contributed by atoms with Crippen LogP contribution < -0.4 is 16.6 Å². The molecule has 9 nitrogen and oxygen atoms in total. The fourth-order valence-corrected chi connectivity index (χ4v) is 2.61. The van der Waals surface area contributed by atoms with Crippen molar-refractivity contribution in [3.8, 4) is 0 Å². The molecule has 134 valence electrons. The number of aromatic nitrogens is 4. The first-order chi connectivity index (χ1) is 12.3. The number of aryl methyl sites for hydroxylation is 2. The highest BCUT2D eigenvalue weighted by Crippen LogP contribution is 2.14. The minimum Gasteiger partial charge on any atom is -0.366 e. The number of nitrogens with two attached hydrogens (primary N) is 1. The lowest BCUT2D eigenvalue weighted by molar-refractivity contribution is -0.121. The van der Waals surface area contributed by atoms with Crippen LogP contribution in [0.4, 0.5) is 5.95 Å². The van der Waals surface area contributed by atoms with E-state index in [0.717, 1.165) is 0 Å². The molecule has 3 rings (SSSR count). The first-order valence-electron chi connectivity index (χ1n) is 7.68. The van der Waals surface area contributed by atoms with Crippen molar-refractivity contribution >= 4 is 35.1 Å². The van der Waals surface area contributed by atoms with Gasteiger partial charge in [-0.25, -0.2) is 4.98 Å². The van der Waals surface area contributed by atoms with E-state index in [4.69, 9.17) is 17.3 Å². The van der Waals surface area contributed by atoms with Crippen molar-refractivity contribution in [3.63, 3.8) is 0 Å². The Labute approximate surface area is 153 Å². The van der Waals surface area contributed by atoms with E-state index in [2.05, 4.69) is 25.9 Å². The fraction of sp³-hybridized carbons (Fsp3) is 0.188. The quantitative estimate of drug-likeness (QED) is 0.587. The number of halogens is 1. The van der Waals surface area contributed by atoms with Crippen LogP contribution in [0.25, 0.3) is 5.78 Å². The van der Waals surface area contributed by atoms with Crippen molar-refractivity contribution < 1.29 is 9.59 Å². The van der Waals surface area contributed by atoms with E-state index in [1.165, 1.54) is 4.52 Å². The molecule has 0 aliphatic carbocycles. The SMILES string of the molecule is Cc1nc2nc(N)nn2c(C)c1CC(=O)NNC(=O)c1ccc(Cl)cc1. The van der Waals surface area contributed by atoms with E-state index in [1.54, 1.807) is 38.1 Å². The number of rotatable bonds is 3. The monoisotopic (exact) mass is 373 g/mol. The van der Waals surface area contributed by atoms with Crippen molar-refractivity contribution in [3.05, 3.63) is 51.8 Å². The Bertz CT molecular complexity index is 998. The maximum absolute atomic E-state index is 12.2. The molecule has 0 atom stereocenters. The number of hydrazine groups is 1. The van der Waals surface area contributed by atoms with E-state index in [1.807, 2.05) is 0 Å². The average Bonchev–Trinajstić information content (AvgIpc) is 2.97. The van der Waals surface area contributed by atoms with Gasteiger partial charge in [0.25, 0.3) is 11.7 Å². The number of nitrogens with zero attached hydrogens (tertiary/aromatic N) is 4.